The van der Waals surface area contributed by atoms with Gasteiger partial charge in [-0.25, -0.2) is 0 Å². The van der Waals surface area contributed by atoms with Crippen LogP contribution in [0.1, 0.15) is 6.92 Å². The van der Waals surface area contributed by atoms with Crippen molar-refractivity contribution in [3.8, 4) is 29.4 Å². The third kappa shape index (κ3) is 5.18. The van der Waals surface area contributed by atoms with E-state index in [2.05, 4.69) is 28.7 Å². The summed E-state index contributed by atoms with van der Waals surface area (Å²) in [5, 5.41) is 0. The average molecular weight is 197 g/mol. The number of nitrogens with zero attached hydrogens (tertiary/aromatic N) is 1. The quantitative estimate of drug-likeness (QED) is 0.677. The first-order valence-electron chi connectivity index (χ1n) is 4.52. The third-order valence-electron chi connectivity index (χ3n) is 1.44. The summed E-state index contributed by atoms with van der Waals surface area (Å²) in [4.78, 5) is 3.92. The van der Waals surface area contributed by atoms with E-state index in [1.54, 1.807) is 31.5 Å². The summed E-state index contributed by atoms with van der Waals surface area (Å²) in [5.41, 5.74) is 0. The summed E-state index contributed by atoms with van der Waals surface area (Å²) in [5.74, 6) is 11.9. The maximum Gasteiger partial charge on any atom is 0.149 e. The number of rotatable bonds is 2. The first-order chi connectivity index (χ1) is 7.43. The Balaban J connectivity index is 2.29. The van der Waals surface area contributed by atoms with Gasteiger partial charge in [-0.2, -0.15) is 0 Å². The summed E-state index contributed by atoms with van der Waals surface area (Å²) in [6.45, 7) is 2.14. The van der Waals surface area contributed by atoms with Crippen molar-refractivity contribution >= 4 is 0 Å². The van der Waals surface area contributed by atoms with Crippen LogP contribution >= 0.6 is 0 Å². The van der Waals surface area contributed by atoms with E-state index in [0.29, 0.717) is 6.61 Å². The highest BCUT2D eigenvalue weighted by molar-refractivity contribution is 5.25. The van der Waals surface area contributed by atoms with Gasteiger partial charge < -0.3 is 4.74 Å². The summed E-state index contributed by atoms with van der Waals surface area (Å²) >= 11 is 0. The van der Waals surface area contributed by atoms with Crippen molar-refractivity contribution in [1.29, 1.82) is 0 Å². The second-order valence-corrected chi connectivity index (χ2v) is 2.53. The van der Waals surface area contributed by atoms with Crippen molar-refractivity contribution in [3.05, 3.63) is 36.7 Å². The van der Waals surface area contributed by atoms with Crippen LogP contribution in [-0.2, 0) is 0 Å². The predicted molar refractivity (Wildman–Crippen MR) is 60.1 cm³/mol. The topological polar surface area (TPSA) is 22.1 Å². The molecule has 0 radical (unpaired) electrons. The van der Waals surface area contributed by atoms with Gasteiger partial charge in [0.1, 0.15) is 12.4 Å². The van der Waals surface area contributed by atoms with Crippen LogP contribution in [0.25, 0.3) is 0 Å². The molecule has 0 bridgehead atoms. The molecule has 0 atom stereocenters. The van der Waals surface area contributed by atoms with Gasteiger partial charge in [-0.3, -0.25) is 4.98 Å². The average Bonchev–Trinajstić information content (AvgIpc) is 2.29. The van der Waals surface area contributed by atoms with Crippen molar-refractivity contribution in [2.75, 3.05) is 6.61 Å². The number of ether oxygens (including phenoxy) is 1. The zero-order valence-corrected chi connectivity index (χ0v) is 8.53. The fraction of sp³-hybridized carbons (Fsp3) is 0.154. The van der Waals surface area contributed by atoms with Gasteiger partial charge >= 0.3 is 0 Å². The van der Waals surface area contributed by atoms with E-state index in [1.165, 1.54) is 0 Å². The predicted octanol–water partition coefficient (Wildman–Crippen LogP) is 2.04. The Labute approximate surface area is 90.0 Å². The first-order valence-corrected chi connectivity index (χ1v) is 4.52. The molecule has 0 unspecified atom stereocenters. The maximum absolute atomic E-state index is 5.31. The molecular formula is C13H11NO. The Bertz CT molecular complexity index is 426. The zero-order chi connectivity index (χ0) is 10.8. The molecule has 74 valence electrons. The number of aromatic nitrogens is 1. The van der Waals surface area contributed by atoms with Gasteiger partial charge in [0.2, 0.25) is 0 Å². The lowest BCUT2D eigenvalue weighted by Gasteiger charge is -1.98. The third-order valence-corrected chi connectivity index (χ3v) is 1.44. The molecule has 0 N–H and O–H groups in total. The van der Waals surface area contributed by atoms with Crippen molar-refractivity contribution in [2.24, 2.45) is 0 Å². The van der Waals surface area contributed by atoms with Gasteiger partial charge in [-0.05, 0) is 31.2 Å². The Hall–Kier alpha value is -2.19. The number of pyridine rings is 1. The highest BCUT2D eigenvalue weighted by Gasteiger charge is 1.86. The van der Waals surface area contributed by atoms with Crippen molar-refractivity contribution in [2.45, 2.75) is 6.92 Å². The molecule has 0 saturated carbocycles. The second-order valence-electron chi connectivity index (χ2n) is 2.53. The van der Waals surface area contributed by atoms with Crippen LogP contribution in [0.5, 0.6) is 5.75 Å². The fourth-order valence-electron chi connectivity index (χ4n) is 0.819. The number of hydrogen-bond acceptors (Lipinski definition) is 2. The highest BCUT2D eigenvalue weighted by atomic mass is 16.5. The summed E-state index contributed by atoms with van der Waals surface area (Å²) in [7, 11) is 0. The molecule has 2 heteroatoms. The molecule has 0 aliphatic carbocycles. The summed E-state index contributed by atoms with van der Waals surface area (Å²) in [6, 6.07) is 3.66. The first kappa shape index (κ1) is 10.9. The SMILES string of the molecule is CC#CC=CC#CCOc1cccnc1. The smallest absolute Gasteiger partial charge is 0.149 e. The van der Waals surface area contributed by atoms with Crippen molar-refractivity contribution in [3.63, 3.8) is 0 Å². The molecular weight excluding hydrogens is 186 g/mol. The molecule has 1 aromatic rings. The van der Waals surface area contributed by atoms with E-state index < -0.39 is 0 Å². The Morgan fingerprint density at radius 3 is 3.00 bits per heavy atom. The summed E-state index contributed by atoms with van der Waals surface area (Å²) in [6.07, 6.45) is 6.75. The number of hydrogen-bond donors (Lipinski definition) is 0. The van der Waals surface area contributed by atoms with Gasteiger partial charge in [0.15, 0.2) is 0 Å². The molecule has 0 aliphatic heterocycles. The maximum atomic E-state index is 5.31. The molecule has 0 aliphatic rings. The lowest BCUT2D eigenvalue weighted by Crippen LogP contribution is -1.93. The van der Waals surface area contributed by atoms with Crippen molar-refractivity contribution in [1.82, 2.24) is 4.98 Å². The Kier molecular flexibility index (Phi) is 5.25. The lowest BCUT2D eigenvalue weighted by molar-refractivity contribution is 0.368. The lowest BCUT2D eigenvalue weighted by atomic mass is 10.4. The normalized spacial score (nSPS) is 8.60. The minimum Gasteiger partial charge on any atom is -0.479 e. The van der Waals surface area contributed by atoms with Crippen LogP contribution in [0.3, 0.4) is 0 Å². The van der Waals surface area contributed by atoms with Crippen LogP contribution in [-0.4, -0.2) is 11.6 Å². The largest absolute Gasteiger partial charge is 0.479 e. The molecule has 0 aromatic carbocycles. The van der Waals surface area contributed by atoms with Crippen LogP contribution < -0.4 is 4.74 Å². The van der Waals surface area contributed by atoms with Crippen molar-refractivity contribution < 1.29 is 4.74 Å². The standard InChI is InChI=1S/C13H11NO/c1-2-3-4-5-6-7-11-15-13-9-8-10-14-12-13/h4-5,8-10,12H,11H2,1H3. The molecule has 0 fully saturated rings. The van der Waals surface area contributed by atoms with E-state index >= 15 is 0 Å². The van der Waals surface area contributed by atoms with Gasteiger partial charge in [0, 0.05) is 6.20 Å². The molecule has 1 rings (SSSR count). The van der Waals surface area contributed by atoms with Crippen LogP contribution in [0, 0.1) is 23.7 Å². The Morgan fingerprint density at radius 2 is 2.27 bits per heavy atom. The monoisotopic (exact) mass is 197 g/mol. The van der Waals surface area contributed by atoms with E-state index in [1.807, 2.05) is 12.1 Å². The fourth-order valence-corrected chi connectivity index (χ4v) is 0.819. The molecule has 1 aromatic heterocycles. The van der Waals surface area contributed by atoms with Crippen LogP contribution in [0.15, 0.2) is 36.7 Å². The number of allylic oxidation sites excluding steroid dienone is 2. The van der Waals surface area contributed by atoms with Gasteiger partial charge in [-0.1, -0.05) is 17.8 Å². The molecule has 0 spiro atoms. The molecule has 0 saturated heterocycles. The van der Waals surface area contributed by atoms with Gasteiger partial charge in [-0.15, -0.1) is 5.92 Å². The van der Waals surface area contributed by atoms with E-state index in [0.717, 1.165) is 5.75 Å². The molecule has 1 heterocycles. The summed E-state index contributed by atoms with van der Waals surface area (Å²) < 4.78 is 5.31. The minimum atomic E-state index is 0.357. The zero-order valence-electron chi connectivity index (χ0n) is 8.53. The molecule has 0 amide bonds. The van der Waals surface area contributed by atoms with E-state index in [4.69, 9.17) is 4.74 Å². The van der Waals surface area contributed by atoms with Crippen LogP contribution in [0.2, 0.25) is 0 Å². The van der Waals surface area contributed by atoms with Crippen LogP contribution in [0.4, 0.5) is 0 Å². The van der Waals surface area contributed by atoms with Gasteiger partial charge in [0.05, 0.1) is 6.20 Å². The highest BCUT2D eigenvalue weighted by Crippen LogP contribution is 2.04. The van der Waals surface area contributed by atoms with E-state index in [-0.39, 0.29) is 0 Å². The molecule has 2 nitrogen and oxygen atoms in total. The second kappa shape index (κ2) is 7.24. The Morgan fingerprint density at radius 1 is 1.40 bits per heavy atom. The minimum absolute atomic E-state index is 0.357. The van der Waals surface area contributed by atoms with Gasteiger partial charge in [0.25, 0.3) is 0 Å². The molecule has 15 heavy (non-hydrogen) atoms. The van der Waals surface area contributed by atoms with E-state index in [9.17, 15) is 0 Å².